The molecule has 1 aromatic carbocycles. The topological polar surface area (TPSA) is 84.9 Å². The van der Waals surface area contributed by atoms with E-state index in [1.165, 1.54) is 26.0 Å². The predicted molar refractivity (Wildman–Crippen MR) is 80.3 cm³/mol. The van der Waals surface area contributed by atoms with E-state index in [2.05, 4.69) is 4.72 Å². The van der Waals surface area contributed by atoms with Crippen LogP contribution in [0.25, 0.3) is 0 Å². The zero-order valence-electron chi connectivity index (χ0n) is 12.8. The van der Waals surface area contributed by atoms with E-state index in [4.69, 9.17) is 9.47 Å². The first kappa shape index (κ1) is 17.7. The van der Waals surface area contributed by atoms with Crippen LogP contribution in [0.1, 0.15) is 27.7 Å². The number of ether oxygens (including phenoxy) is 2. The molecule has 6 nitrogen and oxygen atoms in total. The SMILES string of the molecule is CCOc1ccc(S(=O)(=O)NCC(C)(C)O)cc1OCC. The van der Waals surface area contributed by atoms with Gasteiger partial charge in [-0.3, -0.25) is 0 Å². The van der Waals surface area contributed by atoms with E-state index in [9.17, 15) is 13.5 Å². The normalized spacial score (nSPS) is 12.2. The number of nitrogens with one attached hydrogen (secondary N) is 1. The highest BCUT2D eigenvalue weighted by atomic mass is 32.2. The Hall–Kier alpha value is -1.31. The number of sulfonamides is 1. The second kappa shape index (κ2) is 7.11. The van der Waals surface area contributed by atoms with Crippen LogP contribution in [0, 0.1) is 0 Å². The standard InChI is InChI=1S/C14H23NO5S/c1-5-19-12-8-7-11(9-13(12)20-6-2)21(17,18)15-10-14(3,4)16/h7-9,15-16H,5-6,10H2,1-4H3. The van der Waals surface area contributed by atoms with E-state index < -0.39 is 15.6 Å². The number of hydrogen-bond acceptors (Lipinski definition) is 5. The molecule has 0 radical (unpaired) electrons. The van der Waals surface area contributed by atoms with E-state index in [-0.39, 0.29) is 11.4 Å². The minimum Gasteiger partial charge on any atom is -0.490 e. The Balaban J connectivity index is 3.04. The van der Waals surface area contributed by atoms with Crippen molar-refractivity contribution in [3.8, 4) is 11.5 Å². The molecule has 0 aliphatic rings. The van der Waals surface area contributed by atoms with Gasteiger partial charge in [0.25, 0.3) is 0 Å². The van der Waals surface area contributed by atoms with Crippen LogP contribution in [-0.4, -0.2) is 38.9 Å². The largest absolute Gasteiger partial charge is 0.490 e. The van der Waals surface area contributed by atoms with Gasteiger partial charge in [0.15, 0.2) is 11.5 Å². The van der Waals surface area contributed by atoms with E-state index in [1.807, 2.05) is 13.8 Å². The zero-order valence-corrected chi connectivity index (χ0v) is 13.7. The van der Waals surface area contributed by atoms with Gasteiger partial charge in [0.05, 0.1) is 23.7 Å². The average Bonchev–Trinajstić information content (AvgIpc) is 2.38. The number of hydrogen-bond donors (Lipinski definition) is 2. The highest BCUT2D eigenvalue weighted by Crippen LogP contribution is 2.30. The lowest BCUT2D eigenvalue weighted by atomic mass is 10.1. The van der Waals surface area contributed by atoms with Crippen LogP contribution in [0.5, 0.6) is 11.5 Å². The molecule has 0 atom stereocenters. The number of rotatable bonds is 8. The van der Waals surface area contributed by atoms with Gasteiger partial charge in [-0.05, 0) is 39.8 Å². The first-order valence-electron chi connectivity index (χ1n) is 6.81. The smallest absolute Gasteiger partial charge is 0.240 e. The first-order chi connectivity index (χ1) is 9.69. The van der Waals surface area contributed by atoms with Crippen LogP contribution in [-0.2, 0) is 10.0 Å². The van der Waals surface area contributed by atoms with Gasteiger partial charge in [-0.1, -0.05) is 0 Å². The summed E-state index contributed by atoms with van der Waals surface area (Å²) in [5.74, 6) is 0.881. The van der Waals surface area contributed by atoms with Gasteiger partial charge in [0.2, 0.25) is 10.0 Å². The third-order valence-corrected chi connectivity index (χ3v) is 3.92. The maximum Gasteiger partial charge on any atom is 0.240 e. The lowest BCUT2D eigenvalue weighted by Crippen LogP contribution is -2.38. The Morgan fingerprint density at radius 3 is 2.24 bits per heavy atom. The second-order valence-electron chi connectivity index (χ2n) is 5.11. The van der Waals surface area contributed by atoms with Gasteiger partial charge in [-0.15, -0.1) is 0 Å². The summed E-state index contributed by atoms with van der Waals surface area (Å²) >= 11 is 0. The fraction of sp³-hybridized carbons (Fsp3) is 0.571. The van der Waals surface area contributed by atoms with Gasteiger partial charge < -0.3 is 14.6 Å². The lowest BCUT2D eigenvalue weighted by molar-refractivity contribution is 0.0857. The fourth-order valence-electron chi connectivity index (χ4n) is 1.55. The van der Waals surface area contributed by atoms with Crippen LogP contribution in [0.4, 0.5) is 0 Å². The second-order valence-corrected chi connectivity index (χ2v) is 6.88. The predicted octanol–water partition coefficient (Wildman–Crippen LogP) is 1.53. The summed E-state index contributed by atoms with van der Waals surface area (Å²) in [5.41, 5.74) is -1.12. The van der Waals surface area contributed by atoms with Crippen molar-refractivity contribution in [2.24, 2.45) is 0 Å². The van der Waals surface area contributed by atoms with Crippen LogP contribution in [0.3, 0.4) is 0 Å². The molecule has 0 unspecified atom stereocenters. The van der Waals surface area contributed by atoms with Crippen LogP contribution < -0.4 is 14.2 Å². The molecule has 0 heterocycles. The van der Waals surface area contributed by atoms with Gasteiger partial charge in [-0.25, -0.2) is 13.1 Å². The molecule has 0 saturated heterocycles. The zero-order chi connectivity index (χ0) is 16.1. The summed E-state index contributed by atoms with van der Waals surface area (Å²) in [6, 6.07) is 4.43. The quantitative estimate of drug-likeness (QED) is 0.759. The number of benzene rings is 1. The van der Waals surface area contributed by atoms with Crippen molar-refractivity contribution in [3.05, 3.63) is 18.2 Å². The molecule has 1 aromatic rings. The molecule has 0 spiro atoms. The van der Waals surface area contributed by atoms with E-state index in [0.29, 0.717) is 24.7 Å². The summed E-state index contributed by atoms with van der Waals surface area (Å²) in [6.07, 6.45) is 0. The summed E-state index contributed by atoms with van der Waals surface area (Å²) in [6.45, 7) is 7.49. The molecule has 7 heteroatoms. The molecule has 1 rings (SSSR count). The van der Waals surface area contributed by atoms with Crippen molar-refractivity contribution in [3.63, 3.8) is 0 Å². The van der Waals surface area contributed by atoms with Gasteiger partial charge >= 0.3 is 0 Å². The Bertz CT molecular complexity index is 563. The van der Waals surface area contributed by atoms with E-state index >= 15 is 0 Å². The number of aliphatic hydroxyl groups is 1. The van der Waals surface area contributed by atoms with Crippen molar-refractivity contribution in [1.82, 2.24) is 4.72 Å². The molecule has 0 aliphatic heterocycles. The summed E-state index contributed by atoms with van der Waals surface area (Å²) in [5, 5.41) is 9.61. The lowest BCUT2D eigenvalue weighted by Gasteiger charge is -2.18. The monoisotopic (exact) mass is 317 g/mol. The van der Waals surface area contributed by atoms with Gasteiger partial charge in [0, 0.05) is 12.6 Å². The van der Waals surface area contributed by atoms with E-state index in [1.54, 1.807) is 6.07 Å². The Morgan fingerprint density at radius 2 is 1.71 bits per heavy atom. The molecule has 120 valence electrons. The van der Waals surface area contributed by atoms with Crippen LogP contribution in [0.15, 0.2) is 23.1 Å². The summed E-state index contributed by atoms with van der Waals surface area (Å²) in [7, 11) is -3.71. The van der Waals surface area contributed by atoms with Gasteiger partial charge in [-0.2, -0.15) is 0 Å². The third kappa shape index (κ3) is 5.53. The molecule has 0 fully saturated rings. The molecule has 2 N–H and O–H groups in total. The Labute approximate surface area is 126 Å². The highest BCUT2D eigenvalue weighted by Gasteiger charge is 2.21. The summed E-state index contributed by atoms with van der Waals surface area (Å²) in [4.78, 5) is 0.0682. The van der Waals surface area contributed by atoms with Crippen molar-refractivity contribution < 1.29 is 23.0 Å². The summed E-state index contributed by atoms with van der Waals surface area (Å²) < 4.78 is 37.5. The molecule has 21 heavy (non-hydrogen) atoms. The Morgan fingerprint density at radius 1 is 1.14 bits per heavy atom. The van der Waals surface area contributed by atoms with Crippen molar-refractivity contribution in [2.45, 2.75) is 38.2 Å². The van der Waals surface area contributed by atoms with Gasteiger partial charge in [0.1, 0.15) is 0 Å². The van der Waals surface area contributed by atoms with Crippen LogP contribution in [0.2, 0.25) is 0 Å². The van der Waals surface area contributed by atoms with Crippen LogP contribution >= 0.6 is 0 Å². The Kier molecular flexibility index (Phi) is 6.00. The van der Waals surface area contributed by atoms with Crippen molar-refractivity contribution >= 4 is 10.0 Å². The average molecular weight is 317 g/mol. The molecule has 0 amide bonds. The molecular weight excluding hydrogens is 294 g/mol. The molecule has 0 saturated carbocycles. The molecular formula is C14H23NO5S. The van der Waals surface area contributed by atoms with Crippen molar-refractivity contribution in [2.75, 3.05) is 19.8 Å². The highest BCUT2D eigenvalue weighted by molar-refractivity contribution is 7.89. The minimum absolute atomic E-state index is 0.0682. The van der Waals surface area contributed by atoms with Crippen molar-refractivity contribution in [1.29, 1.82) is 0 Å². The molecule has 0 aliphatic carbocycles. The van der Waals surface area contributed by atoms with E-state index in [0.717, 1.165) is 0 Å². The third-order valence-electron chi connectivity index (χ3n) is 2.52. The molecule has 0 bridgehead atoms. The molecule has 0 aromatic heterocycles. The minimum atomic E-state index is -3.71. The first-order valence-corrected chi connectivity index (χ1v) is 8.29. The maximum atomic E-state index is 12.2. The maximum absolute atomic E-state index is 12.2. The fourth-order valence-corrected chi connectivity index (χ4v) is 2.77.